The highest BCUT2D eigenvalue weighted by Gasteiger charge is 2.07. The lowest BCUT2D eigenvalue weighted by Crippen LogP contribution is -2.19. The molecule has 88 valence electrons. The SMILES string of the molecule is [2H]C([2H])(NC(=O)O)c1ccc(C(OC)OC)cc1. The normalized spacial score (nSPS) is 13.2. The van der Waals surface area contributed by atoms with Gasteiger partial charge in [0.05, 0.1) is 2.74 Å². The molecule has 0 atom stereocenters. The van der Waals surface area contributed by atoms with E-state index in [1.807, 2.05) is 0 Å². The molecule has 0 unspecified atom stereocenters. The number of carboxylic acid groups (broad SMARTS) is 1. The van der Waals surface area contributed by atoms with Crippen molar-refractivity contribution in [2.75, 3.05) is 14.2 Å². The van der Waals surface area contributed by atoms with Crippen LogP contribution in [0.15, 0.2) is 24.3 Å². The van der Waals surface area contributed by atoms with Gasteiger partial charge in [0.1, 0.15) is 0 Å². The average molecular weight is 227 g/mol. The number of nitrogens with one attached hydrogen (secondary N) is 1. The van der Waals surface area contributed by atoms with E-state index in [4.69, 9.17) is 17.3 Å². The fourth-order valence-corrected chi connectivity index (χ4v) is 1.22. The van der Waals surface area contributed by atoms with E-state index in [0.29, 0.717) is 0 Å². The number of methoxy groups -OCH3 is 2. The molecule has 0 heterocycles. The van der Waals surface area contributed by atoms with E-state index in [0.717, 1.165) is 5.56 Å². The Bertz CT molecular complexity index is 404. The van der Waals surface area contributed by atoms with E-state index in [9.17, 15) is 4.79 Å². The van der Waals surface area contributed by atoms with Crippen LogP contribution in [0.25, 0.3) is 0 Å². The molecule has 1 amide bonds. The van der Waals surface area contributed by atoms with Gasteiger partial charge in [-0.15, -0.1) is 0 Å². The Morgan fingerprint density at radius 1 is 1.44 bits per heavy atom. The molecule has 0 radical (unpaired) electrons. The highest BCUT2D eigenvalue weighted by molar-refractivity contribution is 5.64. The van der Waals surface area contributed by atoms with Gasteiger partial charge < -0.3 is 19.9 Å². The third kappa shape index (κ3) is 3.52. The molecule has 0 bridgehead atoms. The Morgan fingerprint density at radius 3 is 2.44 bits per heavy atom. The van der Waals surface area contributed by atoms with Gasteiger partial charge in [0.15, 0.2) is 6.29 Å². The van der Waals surface area contributed by atoms with E-state index in [-0.39, 0.29) is 5.56 Å². The highest BCUT2D eigenvalue weighted by Crippen LogP contribution is 2.17. The summed E-state index contributed by atoms with van der Waals surface area (Å²) in [5, 5.41) is 10.3. The molecule has 0 aliphatic carbocycles. The first-order valence-electron chi connectivity index (χ1n) is 5.58. The summed E-state index contributed by atoms with van der Waals surface area (Å²) in [6, 6.07) is 6.20. The highest BCUT2D eigenvalue weighted by atomic mass is 16.7. The van der Waals surface area contributed by atoms with Crippen LogP contribution in [-0.4, -0.2) is 25.4 Å². The molecule has 0 aromatic heterocycles. The minimum Gasteiger partial charge on any atom is -0.465 e. The molecule has 0 saturated carbocycles. The van der Waals surface area contributed by atoms with Gasteiger partial charge >= 0.3 is 6.09 Å². The smallest absolute Gasteiger partial charge is 0.404 e. The zero-order valence-corrected chi connectivity index (χ0v) is 9.06. The minimum atomic E-state index is -2.14. The maximum absolute atomic E-state index is 10.5. The van der Waals surface area contributed by atoms with Crippen LogP contribution in [-0.2, 0) is 16.0 Å². The minimum absolute atomic E-state index is 0.208. The van der Waals surface area contributed by atoms with E-state index < -0.39 is 18.9 Å². The second kappa shape index (κ2) is 6.09. The third-order valence-electron chi connectivity index (χ3n) is 1.92. The second-order valence-corrected chi connectivity index (χ2v) is 2.98. The third-order valence-corrected chi connectivity index (χ3v) is 1.92. The largest absolute Gasteiger partial charge is 0.465 e. The van der Waals surface area contributed by atoms with Gasteiger partial charge in [-0.25, -0.2) is 4.79 Å². The van der Waals surface area contributed by atoms with Gasteiger partial charge in [-0.2, -0.15) is 0 Å². The fourth-order valence-electron chi connectivity index (χ4n) is 1.22. The molecule has 0 spiro atoms. The lowest BCUT2D eigenvalue weighted by molar-refractivity contribution is -0.106. The number of rotatable bonds is 5. The van der Waals surface area contributed by atoms with Crippen molar-refractivity contribution in [3.05, 3.63) is 35.4 Å². The van der Waals surface area contributed by atoms with E-state index in [1.165, 1.54) is 26.4 Å². The van der Waals surface area contributed by atoms with Crippen molar-refractivity contribution in [3.8, 4) is 0 Å². The van der Waals surface area contributed by atoms with Gasteiger partial charge in [-0.1, -0.05) is 24.3 Å². The predicted octanol–water partition coefficient (Wildman–Crippen LogP) is 1.75. The molecule has 1 aromatic carbocycles. The first kappa shape index (κ1) is 9.62. The Labute approximate surface area is 96.8 Å². The Kier molecular flexibility index (Phi) is 3.66. The number of carbonyl (C=O) groups is 1. The van der Waals surface area contributed by atoms with Crippen molar-refractivity contribution in [2.45, 2.75) is 12.8 Å². The van der Waals surface area contributed by atoms with Crippen molar-refractivity contribution in [3.63, 3.8) is 0 Å². The summed E-state index contributed by atoms with van der Waals surface area (Å²) in [6.45, 7) is -2.14. The van der Waals surface area contributed by atoms with Gasteiger partial charge in [-0.05, 0) is 5.56 Å². The summed E-state index contributed by atoms with van der Waals surface area (Å²) < 4.78 is 25.3. The van der Waals surface area contributed by atoms with Crippen LogP contribution in [0.5, 0.6) is 0 Å². The molecule has 1 rings (SSSR count). The molecule has 0 aliphatic heterocycles. The van der Waals surface area contributed by atoms with Crippen molar-refractivity contribution < 1.29 is 22.1 Å². The quantitative estimate of drug-likeness (QED) is 0.752. The van der Waals surface area contributed by atoms with Crippen LogP contribution in [0.4, 0.5) is 4.79 Å². The van der Waals surface area contributed by atoms with Crippen LogP contribution < -0.4 is 5.32 Å². The molecule has 5 heteroatoms. The Hall–Kier alpha value is -1.59. The second-order valence-electron chi connectivity index (χ2n) is 2.98. The molecular weight excluding hydrogens is 210 g/mol. The molecule has 5 nitrogen and oxygen atoms in total. The first-order valence-corrected chi connectivity index (χ1v) is 4.58. The number of amides is 1. The zero-order valence-electron chi connectivity index (χ0n) is 11.1. The fraction of sp³-hybridized carbons (Fsp3) is 0.364. The number of benzene rings is 1. The van der Waals surface area contributed by atoms with Gasteiger partial charge in [0.25, 0.3) is 0 Å². The summed E-state index contributed by atoms with van der Waals surface area (Å²) in [5.41, 5.74) is 0.925. The van der Waals surface area contributed by atoms with Gasteiger partial charge in [-0.3, -0.25) is 0 Å². The Morgan fingerprint density at radius 2 is 2.00 bits per heavy atom. The lowest BCUT2D eigenvalue weighted by Gasteiger charge is -2.13. The predicted molar refractivity (Wildman–Crippen MR) is 58.1 cm³/mol. The van der Waals surface area contributed by atoms with Crippen LogP contribution in [0.3, 0.4) is 0 Å². The van der Waals surface area contributed by atoms with Gasteiger partial charge in [0, 0.05) is 26.3 Å². The molecule has 2 N–H and O–H groups in total. The zero-order chi connectivity index (χ0) is 13.8. The molecule has 16 heavy (non-hydrogen) atoms. The summed E-state index contributed by atoms with van der Waals surface area (Å²) in [4.78, 5) is 10.5. The molecule has 1 aromatic rings. The van der Waals surface area contributed by atoms with E-state index in [2.05, 4.69) is 0 Å². The molecular formula is C11H15NO4. The van der Waals surface area contributed by atoms with Crippen LogP contribution in [0.1, 0.15) is 20.2 Å². The summed E-state index contributed by atoms with van der Waals surface area (Å²) in [7, 11) is 2.99. The summed E-state index contributed by atoms with van der Waals surface area (Å²) >= 11 is 0. The maximum Gasteiger partial charge on any atom is 0.404 e. The van der Waals surface area contributed by atoms with Crippen molar-refractivity contribution >= 4 is 6.09 Å². The van der Waals surface area contributed by atoms with Crippen LogP contribution in [0.2, 0.25) is 0 Å². The number of hydrogen-bond donors (Lipinski definition) is 2. The average Bonchev–Trinajstić information content (AvgIpc) is 2.29. The van der Waals surface area contributed by atoms with Crippen LogP contribution in [0, 0.1) is 0 Å². The molecule has 0 fully saturated rings. The standard InChI is InChI=1S/C11H15NO4/c1-15-10(16-2)9-5-3-8(4-6-9)7-12-11(13)14/h3-6,10,12H,7H2,1-2H3,(H,13,14)/i7D2. The maximum atomic E-state index is 10.5. The first-order chi connectivity index (χ1) is 8.40. The number of ether oxygens (including phenoxy) is 2. The molecule has 0 aliphatic rings. The van der Waals surface area contributed by atoms with Gasteiger partial charge in [0.2, 0.25) is 0 Å². The topological polar surface area (TPSA) is 67.8 Å². The van der Waals surface area contributed by atoms with E-state index >= 15 is 0 Å². The monoisotopic (exact) mass is 227 g/mol. The van der Waals surface area contributed by atoms with Crippen molar-refractivity contribution in [1.82, 2.24) is 5.32 Å². The van der Waals surface area contributed by atoms with Crippen LogP contribution >= 0.6 is 0 Å². The summed E-state index contributed by atoms with van der Waals surface area (Å²) in [5.74, 6) is 0. The molecule has 0 saturated heterocycles. The van der Waals surface area contributed by atoms with Crippen molar-refractivity contribution in [2.24, 2.45) is 0 Å². The summed E-state index contributed by atoms with van der Waals surface area (Å²) in [6.07, 6.45) is -1.95. The Balaban J connectivity index is 2.91. The number of hydrogen-bond acceptors (Lipinski definition) is 3. The lowest BCUT2D eigenvalue weighted by atomic mass is 10.1. The van der Waals surface area contributed by atoms with Crippen molar-refractivity contribution in [1.29, 1.82) is 0 Å². The van der Waals surface area contributed by atoms with E-state index in [1.54, 1.807) is 17.4 Å².